The quantitative estimate of drug-likeness (QED) is 0.162. The van der Waals surface area contributed by atoms with E-state index in [0.29, 0.717) is 17.5 Å². The Balaban J connectivity index is 1.11. The van der Waals surface area contributed by atoms with E-state index in [1.54, 1.807) is 0 Å². The molecule has 12 aromatic rings. The number of para-hydroxylation sites is 5. The van der Waals surface area contributed by atoms with E-state index in [2.05, 4.69) is 209 Å². The summed E-state index contributed by atoms with van der Waals surface area (Å²) in [6.45, 7) is 0. The minimum Gasteiger partial charge on any atom is -0.309 e. The summed E-state index contributed by atoms with van der Waals surface area (Å²) < 4.78 is 4.79. The fourth-order valence-corrected chi connectivity index (χ4v) is 9.13. The fourth-order valence-electron chi connectivity index (χ4n) is 9.13. The smallest absolute Gasteiger partial charge is 0.166 e. The van der Waals surface area contributed by atoms with Crippen molar-refractivity contribution in [2.75, 3.05) is 0 Å². The first kappa shape index (κ1) is 35.5. The van der Waals surface area contributed by atoms with Crippen molar-refractivity contribution in [1.29, 1.82) is 0 Å². The SMILES string of the molecule is c1ccc(-c2ccc(-c3nc(-c4ccccc4)nc(-c4ccc(-c5ccccc5-n5c6ccccc6c6ccccc65)cc4-n4c5ccccc5c5ccccc54)n3)cc2)cc1. The van der Waals surface area contributed by atoms with Crippen molar-refractivity contribution in [3.8, 4) is 67.8 Å². The van der Waals surface area contributed by atoms with Crippen LogP contribution in [0.1, 0.15) is 0 Å². The van der Waals surface area contributed by atoms with Gasteiger partial charge >= 0.3 is 0 Å². The summed E-state index contributed by atoms with van der Waals surface area (Å²) >= 11 is 0. The van der Waals surface area contributed by atoms with Crippen LogP contribution in [0.25, 0.3) is 111 Å². The van der Waals surface area contributed by atoms with Crippen LogP contribution < -0.4 is 0 Å². The molecule has 0 unspecified atom stereocenters. The van der Waals surface area contributed by atoms with Crippen LogP contribution in [0.3, 0.4) is 0 Å². The number of nitrogens with zero attached hydrogens (tertiary/aromatic N) is 5. The maximum Gasteiger partial charge on any atom is 0.166 e. The zero-order valence-electron chi connectivity index (χ0n) is 33.6. The molecule has 0 saturated heterocycles. The van der Waals surface area contributed by atoms with Gasteiger partial charge in [0.15, 0.2) is 17.5 Å². The van der Waals surface area contributed by atoms with Gasteiger partial charge in [-0.15, -0.1) is 0 Å². The van der Waals surface area contributed by atoms with Gasteiger partial charge in [0.05, 0.1) is 33.4 Å². The predicted octanol–water partition coefficient (Wildman–Crippen LogP) is 14.4. The van der Waals surface area contributed by atoms with E-state index in [4.69, 9.17) is 15.0 Å². The molecular formula is C57H37N5. The summed E-state index contributed by atoms with van der Waals surface area (Å²) in [4.78, 5) is 15.7. The molecule has 0 fully saturated rings. The lowest BCUT2D eigenvalue weighted by atomic mass is 9.99. The average molecular weight is 792 g/mol. The Morgan fingerprint density at radius 2 is 0.613 bits per heavy atom. The topological polar surface area (TPSA) is 48.5 Å². The van der Waals surface area contributed by atoms with E-state index in [1.165, 1.54) is 32.6 Å². The number of aromatic nitrogens is 5. The maximum atomic E-state index is 5.32. The normalized spacial score (nSPS) is 11.5. The number of hydrogen-bond donors (Lipinski definition) is 0. The van der Waals surface area contributed by atoms with E-state index in [0.717, 1.165) is 61.4 Å². The molecule has 12 rings (SSSR count). The van der Waals surface area contributed by atoms with Gasteiger partial charge in [0.25, 0.3) is 0 Å². The van der Waals surface area contributed by atoms with Crippen LogP contribution >= 0.6 is 0 Å². The third kappa shape index (κ3) is 5.90. The zero-order chi connectivity index (χ0) is 41.0. The van der Waals surface area contributed by atoms with E-state index in [1.807, 2.05) is 24.3 Å². The molecule has 0 N–H and O–H groups in total. The van der Waals surface area contributed by atoms with Crippen LogP contribution in [-0.2, 0) is 0 Å². The second-order valence-electron chi connectivity index (χ2n) is 15.6. The average Bonchev–Trinajstić information content (AvgIpc) is 3.87. The Bertz CT molecular complexity index is 3520. The molecule has 0 aliphatic carbocycles. The molecule has 0 aliphatic rings. The largest absolute Gasteiger partial charge is 0.309 e. The van der Waals surface area contributed by atoms with Gasteiger partial charge in [-0.3, -0.25) is 0 Å². The first-order chi connectivity index (χ1) is 30.8. The Kier molecular flexibility index (Phi) is 8.42. The second-order valence-corrected chi connectivity index (χ2v) is 15.6. The van der Waals surface area contributed by atoms with Crippen molar-refractivity contribution in [2.24, 2.45) is 0 Å². The number of hydrogen-bond acceptors (Lipinski definition) is 3. The van der Waals surface area contributed by atoms with E-state index >= 15 is 0 Å². The van der Waals surface area contributed by atoms with Gasteiger partial charge in [-0.25, -0.2) is 15.0 Å². The van der Waals surface area contributed by atoms with Crippen LogP contribution in [0.4, 0.5) is 0 Å². The first-order valence-electron chi connectivity index (χ1n) is 21.0. The summed E-state index contributed by atoms with van der Waals surface area (Å²) in [5.41, 5.74) is 13.9. The van der Waals surface area contributed by atoms with E-state index in [-0.39, 0.29) is 0 Å². The van der Waals surface area contributed by atoms with Crippen molar-refractivity contribution in [2.45, 2.75) is 0 Å². The van der Waals surface area contributed by atoms with Gasteiger partial charge in [0.2, 0.25) is 0 Å². The minimum absolute atomic E-state index is 0.597. The molecule has 0 amide bonds. The van der Waals surface area contributed by atoms with Crippen molar-refractivity contribution in [1.82, 2.24) is 24.1 Å². The number of benzene rings is 9. The van der Waals surface area contributed by atoms with Gasteiger partial charge in [-0.1, -0.05) is 182 Å². The lowest BCUT2D eigenvalue weighted by Gasteiger charge is -2.18. The molecule has 5 heteroatoms. The van der Waals surface area contributed by atoms with Crippen LogP contribution in [0.5, 0.6) is 0 Å². The Morgan fingerprint density at radius 1 is 0.242 bits per heavy atom. The summed E-state index contributed by atoms with van der Waals surface area (Å²) in [5, 5.41) is 4.83. The van der Waals surface area contributed by atoms with Gasteiger partial charge in [-0.05, 0) is 59.2 Å². The molecule has 9 aromatic carbocycles. The summed E-state index contributed by atoms with van der Waals surface area (Å²) in [7, 11) is 0. The standard InChI is InChI=1S/C57H37N5/c1-3-17-38(18-4-1)39-31-33-41(34-32-39)56-58-55(40-19-5-2-6-20-40)59-57(60-56)48-36-35-42(37-54(48)62-52-29-15-10-24-46(52)47-25-11-16-30-53(47)62)43-21-7-12-26-49(43)61-50-27-13-8-22-44(50)45-23-9-14-28-51(45)61/h1-37H. The zero-order valence-corrected chi connectivity index (χ0v) is 33.6. The van der Waals surface area contributed by atoms with Gasteiger partial charge in [0.1, 0.15) is 0 Å². The number of rotatable bonds is 7. The molecule has 3 heterocycles. The predicted molar refractivity (Wildman–Crippen MR) is 256 cm³/mol. The molecule has 0 saturated carbocycles. The molecule has 0 bridgehead atoms. The van der Waals surface area contributed by atoms with Crippen molar-refractivity contribution < 1.29 is 0 Å². The second kappa shape index (κ2) is 14.7. The lowest BCUT2D eigenvalue weighted by molar-refractivity contribution is 1.06. The third-order valence-corrected chi connectivity index (χ3v) is 12.0. The van der Waals surface area contributed by atoms with E-state index < -0.39 is 0 Å². The molecular weight excluding hydrogens is 755 g/mol. The van der Waals surface area contributed by atoms with Gasteiger partial charge in [-0.2, -0.15) is 0 Å². The summed E-state index contributed by atoms with van der Waals surface area (Å²) in [6, 6.07) is 79.3. The Morgan fingerprint density at radius 3 is 1.16 bits per heavy atom. The Labute approximate surface area is 358 Å². The number of fused-ring (bicyclic) bond motifs is 6. The maximum absolute atomic E-state index is 5.32. The van der Waals surface area contributed by atoms with Gasteiger partial charge in [0, 0.05) is 43.8 Å². The molecule has 62 heavy (non-hydrogen) atoms. The highest BCUT2D eigenvalue weighted by atomic mass is 15.1. The highest BCUT2D eigenvalue weighted by Gasteiger charge is 2.22. The summed E-state index contributed by atoms with van der Waals surface area (Å²) in [5.74, 6) is 1.83. The fraction of sp³-hybridized carbons (Fsp3) is 0. The highest BCUT2D eigenvalue weighted by molar-refractivity contribution is 6.11. The molecule has 3 aromatic heterocycles. The van der Waals surface area contributed by atoms with Crippen LogP contribution in [0, 0.1) is 0 Å². The minimum atomic E-state index is 0.597. The van der Waals surface area contributed by atoms with Crippen LogP contribution in [0.2, 0.25) is 0 Å². The molecule has 0 aliphatic heterocycles. The lowest BCUT2D eigenvalue weighted by Crippen LogP contribution is -2.04. The van der Waals surface area contributed by atoms with Gasteiger partial charge < -0.3 is 9.13 Å². The van der Waals surface area contributed by atoms with Crippen molar-refractivity contribution >= 4 is 43.6 Å². The first-order valence-corrected chi connectivity index (χ1v) is 21.0. The molecule has 0 atom stereocenters. The molecule has 0 spiro atoms. The highest BCUT2D eigenvalue weighted by Crippen LogP contribution is 2.41. The molecule has 5 nitrogen and oxygen atoms in total. The monoisotopic (exact) mass is 791 g/mol. The van der Waals surface area contributed by atoms with Crippen LogP contribution in [0.15, 0.2) is 224 Å². The van der Waals surface area contributed by atoms with E-state index in [9.17, 15) is 0 Å². The summed E-state index contributed by atoms with van der Waals surface area (Å²) in [6.07, 6.45) is 0. The van der Waals surface area contributed by atoms with Crippen molar-refractivity contribution in [3.63, 3.8) is 0 Å². The molecule has 290 valence electrons. The van der Waals surface area contributed by atoms with Crippen LogP contribution in [-0.4, -0.2) is 24.1 Å². The Hall–Kier alpha value is -8.41. The molecule has 0 radical (unpaired) electrons. The van der Waals surface area contributed by atoms with Crippen molar-refractivity contribution in [3.05, 3.63) is 224 Å². The third-order valence-electron chi connectivity index (χ3n) is 12.0.